The molecule has 4 nitrogen and oxygen atoms in total. The summed E-state index contributed by atoms with van der Waals surface area (Å²) in [7, 11) is 0. The van der Waals surface area contributed by atoms with Gasteiger partial charge in [-0.2, -0.15) is 0 Å². The van der Waals surface area contributed by atoms with E-state index in [1.54, 1.807) is 0 Å². The first kappa shape index (κ1) is 24.8. The molecule has 0 fully saturated rings. The summed E-state index contributed by atoms with van der Waals surface area (Å²) < 4.78 is 10.7. The van der Waals surface area contributed by atoms with Crippen LogP contribution in [0, 0.1) is 0 Å². The van der Waals surface area contributed by atoms with Crippen LogP contribution in [0.1, 0.15) is 27.7 Å². The molecule has 5 heteroatoms. The van der Waals surface area contributed by atoms with Gasteiger partial charge in [0, 0.05) is 16.5 Å². The van der Waals surface area contributed by atoms with Crippen LogP contribution in [0.25, 0.3) is 32.8 Å². The molecule has 1 atom stereocenters. The molecule has 0 aliphatic rings. The van der Waals surface area contributed by atoms with Crippen LogP contribution in [0.3, 0.4) is 0 Å². The zero-order valence-corrected chi connectivity index (χ0v) is 22.7. The van der Waals surface area contributed by atoms with Crippen LogP contribution >= 0.6 is 0 Å². The Morgan fingerprint density at radius 1 is 0.718 bits per heavy atom. The highest BCUT2D eigenvalue weighted by Gasteiger charge is 2.29. The third-order valence-corrected chi connectivity index (χ3v) is 7.23. The first-order valence-electron chi connectivity index (χ1n) is 12.8. The van der Waals surface area contributed by atoms with Crippen molar-refractivity contribution in [1.29, 1.82) is 0 Å². The summed E-state index contributed by atoms with van der Waals surface area (Å²) >= 11 is 0. The molecule has 0 N–H and O–H groups in total. The number of carbonyl (C=O) groups is 1. The molecule has 0 bridgehead atoms. The van der Waals surface area contributed by atoms with Gasteiger partial charge in [-0.15, -0.1) is 0 Å². The molecule has 5 aromatic carbocycles. The third-order valence-electron chi connectivity index (χ3n) is 7.23. The Hall–Kier alpha value is -4.48. The van der Waals surface area contributed by atoms with E-state index >= 15 is 0 Å². The van der Waals surface area contributed by atoms with Crippen LogP contribution in [0.4, 0.5) is 0 Å². The van der Waals surface area contributed by atoms with E-state index in [0.29, 0.717) is 5.56 Å². The van der Waals surface area contributed by atoms with E-state index < -0.39 is 0 Å². The van der Waals surface area contributed by atoms with Crippen molar-refractivity contribution in [2.45, 2.75) is 12.6 Å². The van der Waals surface area contributed by atoms with Crippen molar-refractivity contribution in [2.24, 2.45) is 0 Å². The van der Waals surface area contributed by atoms with Gasteiger partial charge in [0.2, 0.25) is 12.1 Å². The van der Waals surface area contributed by atoms with Crippen LogP contribution in [0.5, 0.6) is 0 Å². The average Bonchev–Trinajstić information content (AvgIpc) is 3.55. The molecule has 0 aliphatic heterocycles. The van der Waals surface area contributed by atoms with Gasteiger partial charge < -0.3 is 21.4 Å². The fourth-order valence-corrected chi connectivity index (χ4v) is 5.37. The van der Waals surface area contributed by atoms with E-state index in [1.807, 2.05) is 89.5 Å². The average molecular weight is 573 g/mol. The molecule has 0 saturated carbocycles. The van der Waals surface area contributed by atoms with Crippen molar-refractivity contribution in [2.75, 3.05) is 0 Å². The second kappa shape index (κ2) is 10.4. The summed E-state index contributed by atoms with van der Waals surface area (Å²) in [5.74, 6) is 0.926. The molecular weight excluding hydrogens is 548 g/mol. The lowest BCUT2D eigenvalue weighted by Crippen LogP contribution is -3.00. The lowest BCUT2D eigenvalue weighted by molar-refractivity contribution is -0.658. The van der Waals surface area contributed by atoms with E-state index in [9.17, 15) is 4.79 Å². The predicted molar refractivity (Wildman–Crippen MR) is 150 cm³/mol. The van der Waals surface area contributed by atoms with Gasteiger partial charge in [-0.05, 0) is 41.1 Å². The zero-order valence-electron chi connectivity index (χ0n) is 21.1. The van der Waals surface area contributed by atoms with Crippen molar-refractivity contribution in [1.82, 2.24) is 4.57 Å². The summed E-state index contributed by atoms with van der Waals surface area (Å²) in [4.78, 5) is 13.5. The number of nitrogens with zero attached hydrogens (tertiary/aromatic N) is 2. The minimum Gasteiger partial charge on any atom is -1.00 e. The van der Waals surface area contributed by atoms with Gasteiger partial charge in [0.1, 0.15) is 5.58 Å². The summed E-state index contributed by atoms with van der Waals surface area (Å²) in [5.41, 5.74) is 4.72. The summed E-state index contributed by atoms with van der Waals surface area (Å²) in [5, 5.41) is 3.27. The fourth-order valence-electron chi connectivity index (χ4n) is 5.37. The Labute approximate surface area is 236 Å². The minimum atomic E-state index is -0.189. The molecule has 190 valence electrons. The second-order valence-corrected chi connectivity index (χ2v) is 9.62. The minimum absolute atomic E-state index is 0. The number of furan rings is 1. The van der Waals surface area contributed by atoms with Gasteiger partial charge in [0.15, 0.2) is 29.4 Å². The topological polar surface area (TPSA) is 39.0 Å². The van der Waals surface area contributed by atoms with Gasteiger partial charge >= 0.3 is 0 Å². The molecule has 2 heterocycles. The number of para-hydroxylation sites is 3. The van der Waals surface area contributed by atoms with Crippen LogP contribution in [-0.4, -0.2) is 10.4 Å². The van der Waals surface area contributed by atoms with Gasteiger partial charge in [-0.1, -0.05) is 97.1 Å². The Bertz CT molecular complexity index is 1900. The van der Waals surface area contributed by atoms with E-state index in [0.717, 1.165) is 44.1 Å². The highest BCUT2D eigenvalue weighted by Crippen LogP contribution is 2.33. The van der Waals surface area contributed by atoms with Crippen molar-refractivity contribution >= 4 is 38.6 Å². The smallest absolute Gasteiger partial charge is 0.246 e. The lowest BCUT2D eigenvalue weighted by Gasteiger charge is -2.12. The van der Waals surface area contributed by atoms with Gasteiger partial charge in [-0.25, -0.2) is 9.13 Å². The molecule has 0 aliphatic carbocycles. The van der Waals surface area contributed by atoms with Gasteiger partial charge in [0.25, 0.3) is 0 Å². The maximum Gasteiger partial charge on any atom is 0.246 e. The maximum atomic E-state index is 13.5. The Balaban J connectivity index is 0.00000277. The predicted octanol–water partition coefficient (Wildman–Crippen LogP) is 4.35. The first-order chi connectivity index (χ1) is 18.7. The number of fused-ring (bicyclic) bond motifs is 3. The highest BCUT2D eigenvalue weighted by molar-refractivity contribution is 5.99. The summed E-state index contributed by atoms with van der Waals surface area (Å²) in [6, 6.07) is 42.6. The van der Waals surface area contributed by atoms with Gasteiger partial charge in [-0.3, -0.25) is 4.79 Å². The number of rotatable bonds is 6. The first-order valence-corrected chi connectivity index (χ1v) is 12.8. The monoisotopic (exact) mass is 572 g/mol. The zero-order chi connectivity index (χ0) is 25.5. The number of ketones is 1. The Kier molecular flexibility index (Phi) is 6.59. The molecule has 0 radical (unpaired) electrons. The fraction of sp³-hybridized carbons (Fsp3) is 0.0588. The molecular formula is C34H25BrN2O2. The Morgan fingerprint density at radius 3 is 2.23 bits per heavy atom. The van der Waals surface area contributed by atoms with Gasteiger partial charge in [0.05, 0.1) is 0 Å². The number of imidazole rings is 1. The number of hydrogen-bond acceptors (Lipinski definition) is 2. The van der Waals surface area contributed by atoms with E-state index in [1.165, 1.54) is 0 Å². The maximum absolute atomic E-state index is 13.5. The van der Waals surface area contributed by atoms with Crippen LogP contribution in [0.15, 0.2) is 138 Å². The summed E-state index contributed by atoms with van der Waals surface area (Å²) in [6.07, 6.45) is 2.05. The van der Waals surface area contributed by atoms with Crippen LogP contribution in [0.2, 0.25) is 0 Å². The molecule has 7 aromatic rings. The summed E-state index contributed by atoms with van der Waals surface area (Å²) in [6.45, 7) is 0.244. The number of hydrogen-bond donors (Lipinski definition) is 0. The quantitative estimate of drug-likeness (QED) is 0.219. The number of carbonyl (C=O) groups excluding carboxylic acids is 1. The van der Waals surface area contributed by atoms with Crippen molar-refractivity contribution < 1.29 is 30.8 Å². The second-order valence-electron chi connectivity index (χ2n) is 9.62. The largest absolute Gasteiger partial charge is 1.00 e. The molecule has 0 spiro atoms. The molecule has 39 heavy (non-hydrogen) atoms. The third kappa shape index (κ3) is 4.55. The van der Waals surface area contributed by atoms with Crippen molar-refractivity contribution in [3.8, 4) is 0 Å². The number of aromatic nitrogens is 2. The van der Waals surface area contributed by atoms with E-state index in [4.69, 9.17) is 4.42 Å². The highest BCUT2D eigenvalue weighted by atomic mass is 79.9. The van der Waals surface area contributed by atoms with Crippen molar-refractivity contribution in [3.63, 3.8) is 0 Å². The molecule has 0 amide bonds. The molecule has 7 rings (SSSR count). The number of halogens is 1. The van der Waals surface area contributed by atoms with E-state index in [2.05, 4.69) is 53.4 Å². The number of benzene rings is 5. The lowest BCUT2D eigenvalue weighted by atomic mass is 10.0. The normalized spacial score (nSPS) is 12.0. The standard InChI is InChI=1S/C34H25N2O2.BrH/c37-31(27-19-18-24-10-4-5-13-26(24)20-27)22-35-23-36(30-16-8-7-15-29(30)35)34(25-11-2-1-3-12-25)33-21-28-14-6-9-17-32(28)38-33;/h1-21,23,34H,22H2;1H/q+1;/p-1. The van der Waals surface area contributed by atoms with Crippen LogP contribution < -0.4 is 21.5 Å². The Morgan fingerprint density at radius 2 is 1.41 bits per heavy atom. The van der Waals surface area contributed by atoms with Crippen molar-refractivity contribution in [3.05, 3.63) is 151 Å². The molecule has 2 aromatic heterocycles. The van der Waals surface area contributed by atoms with E-state index in [-0.39, 0.29) is 35.4 Å². The molecule has 1 unspecified atom stereocenters. The SMILES string of the molecule is O=C(C[n+]1cn(C(c2ccccc2)c2cc3ccccc3o2)c2ccccc21)c1ccc2ccccc2c1.[Br-]. The molecule has 0 saturated heterocycles. The number of Topliss-reactive ketones (excluding diaryl/α,β-unsaturated/α-hetero) is 1. The van der Waals surface area contributed by atoms with Crippen LogP contribution in [-0.2, 0) is 6.54 Å².